The molecule has 7 rings (SSSR count). The molecule has 1 aromatic carbocycles. The molecule has 0 unspecified atom stereocenters. The number of likely N-dealkylation sites (tertiary alicyclic amines) is 1. The minimum atomic E-state index is -0.900. The minimum absolute atomic E-state index is 0.0319. The lowest BCUT2D eigenvalue weighted by molar-refractivity contribution is 0.0292. The number of alkyl halides is 1. The largest absolute Gasteiger partial charge is 0.461 e. The Morgan fingerprint density at radius 2 is 1.98 bits per heavy atom. The van der Waals surface area contributed by atoms with Gasteiger partial charge in [-0.05, 0) is 77.0 Å². The van der Waals surface area contributed by atoms with Gasteiger partial charge in [-0.3, -0.25) is 9.88 Å². The second-order valence-electron chi connectivity index (χ2n) is 14.3. The number of benzene rings is 1. The van der Waals surface area contributed by atoms with E-state index in [0.29, 0.717) is 54.3 Å². The van der Waals surface area contributed by atoms with Gasteiger partial charge in [-0.15, -0.1) is 0 Å². The van der Waals surface area contributed by atoms with E-state index in [2.05, 4.69) is 14.9 Å². The highest BCUT2D eigenvalue weighted by Crippen LogP contribution is 2.48. The molecule has 3 saturated heterocycles. The van der Waals surface area contributed by atoms with Gasteiger partial charge in [0, 0.05) is 55.9 Å². The van der Waals surface area contributed by atoms with E-state index in [4.69, 9.17) is 26.1 Å². The first-order valence-electron chi connectivity index (χ1n) is 16.3. The zero-order chi connectivity index (χ0) is 32.4. The third-order valence-electron chi connectivity index (χ3n) is 9.86. The molecule has 4 aliphatic rings. The number of anilines is 1. The number of pyridine rings is 1. The van der Waals surface area contributed by atoms with Crippen LogP contribution in [0.3, 0.4) is 0 Å². The van der Waals surface area contributed by atoms with Crippen molar-refractivity contribution in [2.75, 3.05) is 44.7 Å². The van der Waals surface area contributed by atoms with E-state index in [9.17, 15) is 9.18 Å². The molecule has 3 aromatic rings. The van der Waals surface area contributed by atoms with E-state index in [1.807, 2.05) is 50.9 Å². The Labute approximate surface area is 273 Å². The van der Waals surface area contributed by atoms with Crippen LogP contribution in [0.15, 0.2) is 24.4 Å². The van der Waals surface area contributed by atoms with Gasteiger partial charge in [0.15, 0.2) is 5.82 Å². The van der Waals surface area contributed by atoms with Crippen LogP contribution in [0.25, 0.3) is 22.2 Å². The highest BCUT2D eigenvalue weighted by atomic mass is 35.5. The molecule has 5 heterocycles. The van der Waals surface area contributed by atoms with Crippen molar-refractivity contribution in [1.82, 2.24) is 24.8 Å². The summed E-state index contributed by atoms with van der Waals surface area (Å²) in [6.07, 6.45) is 5.23. The monoisotopic (exact) mass is 654 g/mol. The highest BCUT2D eigenvalue weighted by Gasteiger charge is 2.49. The van der Waals surface area contributed by atoms with Crippen molar-refractivity contribution in [2.24, 2.45) is 0 Å². The second-order valence-corrected chi connectivity index (χ2v) is 14.7. The molecule has 3 aliphatic heterocycles. The molecule has 9 nitrogen and oxygen atoms in total. The normalized spacial score (nSPS) is 24.9. The van der Waals surface area contributed by atoms with E-state index in [-0.39, 0.29) is 41.9 Å². The number of ether oxygens (including phenoxy) is 2. The van der Waals surface area contributed by atoms with Crippen molar-refractivity contribution in [1.29, 1.82) is 0 Å². The summed E-state index contributed by atoms with van der Waals surface area (Å²) in [5.74, 6) is 0.162. The Bertz CT molecular complexity index is 1670. The van der Waals surface area contributed by atoms with E-state index >= 15 is 4.39 Å². The van der Waals surface area contributed by atoms with E-state index in [0.717, 1.165) is 37.8 Å². The van der Waals surface area contributed by atoms with Gasteiger partial charge in [0.2, 0.25) is 0 Å². The number of carbonyl (C=O) groups is 1. The predicted molar refractivity (Wildman–Crippen MR) is 173 cm³/mol. The fourth-order valence-electron chi connectivity index (χ4n) is 7.44. The molecule has 4 fully saturated rings. The molecular formula is C34H41ClF2N6O3. The Morgan fingerprint density at radius 3 is 2.74 bits per heavy atom. The van der Waals surface area contributed by atoms with Crippen LogP contribution in [0, 0.1) is 5.82 Å². The lowest BCUT2D eigenvalue weighted by Crippen LogP contribution is -2.43. The third kappa shape index (κ3) is 5.85. The maximum Gasteiger partial charge on any atom is 0.410 e. The highest BCUT2D eigenvalue weighted by molar-refractivity contribution is 6.32. The lowest BCUT2D eigenvalue weighted by Gasteiger charge is -2.31. The number of hydrogen-bond acceptors (Lipinski definition) is 8. The summed E-state index contributed by atoms with van der Waals surface area (Å²) in [6, 6.07) is 5.42. The van der Waals surface area contributed by atoms with Crippen LogP contribution < -0.4 is 9.64 Å². The van der Waals surface area contributed by atoms with Gasteiger partial charge in [-0.25, -0.2) is 13.6 Å². The van der Waals surface area contributed by atoms with Crippen LogP contribution in [-0.2, 0) is 4.74 Å². The molecule has 12 heteroatoms. The lowest BCUT2D eigenvalue weighted by atomic mass is 9.95. The fraction of sp³-hybridized carbons (Fsp3) is 0.588. The minimum Gasteiger partial charge on any atom is -0.461 e. The number of nitrogens with zero attached hydrogens (tertiary/aromatic N) is 6. The average molecular weight is 655 g/mol. The van der Waals surface area contributed by atoms with Gasteiger partial charge in [0.25, 0.3) is 0 Å². The molecule has 1 saturated carbocycles. The predicted octanol–water partition coefficient (Wildman–Crippen LogP) is 6.76. The quantitative estimate of drug-likeness (QED) is 0.276. The van der Waals surface area contributed by atoms with Crippen LogP contribution in [0.5, 0.6) is 6.01 Å². The molecule has 2 aromatic heterocycles. The van der Waals surface area contributed by atoms with Gasteiger partial charge in [-0.2, -0.15) is 9.97 Å². The summed E-state index contributed by atoms with van der Waals surface area (Å²) in [5, 5.41) is 1.04. The average Bonchev–Trinajstić information content (AvgIpc) is 3.43. The van der Waals surface area contributed by atoms with Crippen LogP contribution >= 0.6 is 11.6 Å². The Kier molecular flexibility index (Phi) is 7.99. The maximum absolute atomic E-state index is 16.7. The van der Waals surface area contributed by atoms with Crippen LogP contribution in [0.4, 0.5) is 19.4 Å². The number of hydrogen-bond donors (Lipinski definition) is 0. The number of carbonyl (C=O) groups excluding carboxylic acids is 1. The van der Waals surface area contributed by atoms with Crippen molar-refractivity contribution in [3.63, 3.8) is 0 Å². The first-order valence-corrected chi connectivity index (χ1v) is 16.7. The molecule has 246 valence electrons. The van der Waals surface area contributed by atoms with Gasteiger partial charge in [-0.1, -0.05) is 23.7 Å². The van der Waals surface area contributed by atoms with Gasteiger partial charge in [0.1, 0.15) is 35.4 Å². The standard InChI is InChI=1S/C34H41ClF2N6O3/c1-33(2,3)46-32(44)42-14-11-22(18-42)41(4)30-24-16-38-28(23-7-5-8-25(35)26(23)20-9-10-20)27(37)29(24)39-31(40-30)45-19-34-12-6-13-43(34)17-21(36)15-34/h5,7-8,16,20-22H,6,9-15,17-19H2,1-4H3/t21-,22-,34+/m1/s1. The van der Waals surface area contributed by atoms with Crippen LogP contribution in [-0.4, -0.2) is 94.0 Å². The summed E-state index contributed by atoms with van der Waals surface area (Å²) in [4.78, 5) is 32.6. The summed E-state index contributed by atoms with van der Waals surface area (Å²) in [6.45, 7) is 7.93. The molecule has 1 aliphatic carbocycles. The van der Waals surface area contributed by atoms with Crippen molar-refractivity contribution in [3.8, 4) is 17.3 Å². The summed E-state index contributed by atoms with van der Waals surface area (Å²) < 4.78 is 43.0. The number of fused-ring (bicyclic) bond motifs is 2. The van der Waals surface area contributed by atoms with Gasteiger partial charge >= 0.3 is 12.1 Å². The molecule has 0 bridgehead atoms. The molecule has 0 N–H and O–H groups in total. The summed E-state index contributed by atoms with van der Waals surface area (Å²) >= 11 is 6.61. The van der Waals surface area contributed by atoms with Crippen molar-refractivity contribution in [2.45, 2.75) is 88.6 Å². The third-order valence-corrected chi connectivity index (χ3v) is 10.2. The molecule has 46 heavy (non-hydrogen) atoms. The topological polar surface area (TPSA) is 83.9 Å². The number of amides is 1. The maximum atomic E-state index is 16.7. The SMILES string of the molecule is CN(c1nc(OC[C@@]23CCCN2C[C@H](F)C3)nc2c(F)c(-c3cccc(Cl)c3C3CC3)ncc12)[C@@H]1CCN(C(=O)OC(C)(C)C)C1. The number of aromatic nitrogens is 3. The van der Waals surface area contributed by atoms with E-state index in [1.165, 1.54) is 0 Å². The fourth-order valence-corrected chi connectivity index (χ4v) is 7.77. The van der Waals surface area contributed by atoms with Gasteiger partial charge in [0.05, 0.1) is 10.9 Å². The Hall–Kier alpha value is -3.31. The first-order chi connectivity index (χ1) is 21.9. The molecule has 3 atom stereocenters. The Morgan fingerprint density at radius 1 is 1.17 bits per heavy atom. The van der Waals surface area contributed by atoms with E-state index in [1.54, 1.807) is 11.1 Å². The number of likely N-dealkylation sites (N-methyl/N-ethyl adjacent to an activating group) is 1. The van der Waals surface area contributed by atoms with Crippen molar-refractivity contribution < 1.29 is 23.0 Å². The second kappa shape index (κ2) is 11.7. The van der Waals surface area contributed by atoms with Crippen LogP contribution in [0.1, 0.15) is 70.8 Å². The molecule has 1 amide bonds. The smallest absolute Gasteiger partial charge is 0.410 e. The molecule has 0 spiro atoms. The summed E-state index contributed by atoms with van der Waals surface area (Å²) in [7, 11) is 1.88. The van der Waals surface area contributed by atoms with Crippen molar-refractivity contribution >= 4 is 34.4 Å². The number of halogens is 3. The summed E-state index contributed by atoms with van der Waals surface area (Å²) in [5.41, 5.74) is 0.836. The Balaban J connectivity index is 1.26. The molecule has 0 radical (unpaired) electrons. The van der Waals surface area contributed by atoms with Gasteiger partial charge < -0.3 is 19.3 Å². The van der Waals surface area contributed by atoms with Crippen molar-refractivity contribution in [3.05, 3.63) is 40.8 Å². The number of rotatable bonds is 7. The van der Waals surface area contributed by atoms with Crippen LogP contribution in [0.2, 0.25) is 5.02 Å². The molecular weight excluding hydrogens is 614 g/mol. The zero-order valence-corrected chi connectivity index (χ0v) is 27.6. The van der Waals surface area contributed by atoms with E-state index < -0.39 is 23.1 Å². The zero-order valence-electron chi connectivity index (χ0n) is 26.9. The first kappa shape index (κ1) is 31.3.